The van der Waals surface area contributed by atoms with E-state index in [-0.39, 0.29) is 22.8 Å². The largest absolute Gasteiger partial charge is 0.380 e. The van der Waals surface area contributed by atoms with Crippen LogP contribution in [0.1, 0.15) is 64.7 Å². The number of carbonyl (C=O) groups is 1. The number of nitrogens with one attached hydrogen (secondary N) is 2. The summed E-state index contributed by atoms with van der Waals surface area (Å²) in [4.78, 5) is 19.9. The van der Waals surface area contributed by atoms with Crippen molar-refractivity contribution in [3.8, 4) is 11.1 Å². The van der Waals surface area contributed by atoms with E-state index in [1.54, 1.807) is 0 Å². The zero-order valence-corrected chi connectivity index (χ0v) is 23.7. The number of carbonyl (C=O) groups excluding carboxylic acids is 1. The van der Waals surface area contributed by atoms with Crippen molar-refractivity contribution in [3.63, 3.8) is 0 Å². The Balaban J connectivity index is 1.17. The molecule has 1 saturated carbocycles. The summed E-state index contributed by atoms with van der Waals surface area (Å²) >= 11 is 0. The molecule has 1 aromatic carbocycles. The minimum absolute atomic E-state index is 0.00940. The zero-order chi connectivity index (χ0) is 27.1. The van der Waals surface area contributed by atoms with E-state index in [0.29, 0.717) is 17.5 Å². The maximum absolute atomic E-state index is 12.9. The maximum Gasteiger partial charge on any atom is 0.251 e. The van der Waals surface area contributed by atoms with Crippen LogP contribution < -0.4 is 15.5 Å². The Kier molecular flexibility index (Phi) is 6.97. The third-order valence-electron chi connectivity index (χ3n) is 8.04. The highest BCUT2D eigenvalue weighted by molar-refractivity contribution is 5.95. The number of benzene rings is 1. The Morgan fingerprint density at radius 1 is 1.08 bits per heavy atom. The number of rotatable bonds is 8. The predicted octanol–water partition coefficient (Wildman–Crippen LogP) is 5.85. The highest BCUT2D eigenvalue weighted by atomic mass is 16.1. The van der Waals surface area contributed by atoms with Crippen molar-refractivity contribution in [2.45, 2.75) is 73.0 Å². The molecule has 1 aliphatic heterocycles. The number of aromatic nitrogens is 3. The van der Waals surface area contributed by atoms with Gasteiger partial charge in [-0.1, -0.05) is 41.5 Å². The van der Waals surface area contributed by atoms with Gasteiger partial charge in [-0.15, -0.1) is 0 Å². The molecule has 2 aromatic heterocycles. The summed E-state index contributed by atoms with van der Waals surface area (Å²) in [6.07, 6.45) is 8.10. The monoisotopic (exact) mass is 514 g/mol. The van der Waals surface area contributed by atoms with Gasteiger partial charge in [-0.3, -0.25) is 9.48 Å². The SMILES string of the molecule is CC(C)Cn1cc(-c2ccnc(N3CC[C@@H](Nc4ccc(C(=O)NC5C(C)(C)CC5(C)C)cc4)C3)c2)cn1. The molecule has 3 aromatic rings. The van der Waals surface area contributed by atoms with Crippen molar-refractivity contribution < 1.29 is 4.79 Å². The third kappa shape index (κ3) is 5.57. The molecule has 7 nitrogen and oxygen atoms in total. The molecule has 2 aliphatic rings. The van der Waals surface area contributed by atoms with E-state index in [1.807, 2.05) is 41.3 Å². The van der Waals surface area contributed by atoms with Crippen molar-refractivity contribution in [1.29, 1.82) is 0 Å². The van der Waals surface area contributed by atoms with Gasteiger partial charge in [0.25, 0.3) is 5.91 Å². The topological polar surface area (TPSA) is 75.1 Å². The lowest BCUT2D eigenvalue weighted by molar-refractivity contribution is -0.0366. The van der Waals surface area contributed by atoms with E-state index >= 15 is 0 Å². The molecule has 0 bridgehead atoms. The van der Waals surface area contributed by atoms with Crippen molar-refractivity contribution in [2.75, 3.05) is 23.3 Å². The highest BCUT2D eigenvalue weighted by Gasteiger charge is 2.53. The van der Waals surface area contributed by atoms with E-state index in [4.69, 9.17) is 0 Å². The van der Waals surface area contributed by atoms with E-state index in [2.05, 4.69) is 85.5 Å². The molecule has 3 heterocycles. The standard InChI is InChI=1S/C31H42N6O/c1-21(2)17-37-18-24(16-33-37)23-11-13-32-27(15-23)36-14-12-26(19-36)34-25-9-7-22(8-10-25)28(38)35-29-30(3,4)20-31(29,5)6/h7-11,13,15-16,18,21,26,29,34H,12,14,17,19-20H2,1-6H3,(H,35,38)/t26-/m1/s1. The zero-order valence-electron chi connectivity index (χ0n) is 23.7. The van der Waals surface area contributed by atoms with Crippen LogP contribution >= 0.6 is 0 Å². The van der Waals surface area contributed by atoms with E-state index in [9.17, 15) is 4.79 Å². The normalized spacial score (nSPS) is 20.4. The molecule has 1 atom stereocenters. The minimum atomic E-state index is 0.00940. The van der Waals surface area contributed by atoms with Crippen LogP contribution in [0.15, 0.2) is 55.0 Å². The number of pyridine rings is 1. The van der Waals surface area contributed by atoms with Gasteiger partial charge in [0.05, 0.1) is 6.20 Å². The summed E-state index contributed by atoms with van der Waals surface area (Å²) in [6.45, 7) is 16.1. The Labute approximate surface area is 227 Å². The average Bonchev–Trinajstić information content (AvgIpc) is 3.52. The summed E-state index contributed by atoms with van der Waals surface area (Å²) in [6, 6.07) is 12.6. The van der Waals surface area contributed by atoms with Gasteiger partial charge in [-0.2, -0.15) is 5.10 Å². The van der Waals surface area contributed by atoms with Crippen molar-refractivity contribution in [2.24, 2.45) is 16.7 Å². The fourth-order valence-electron chi connectivity index (χ4n) is 6.71. The Bertz CT molecular complexity index is 1260. The van der Waals surface area contributed by atoms with Crippen LogP contribution in [0.3, 0.4) is 0 Å². The summed E-state index contributed by atoms with van der Waals surface area (Å²) in [5, 5.41) is 11.4. The van der Waals surface area contributed by atoms with Crippen molar-refractivity contribution in [1.82, 2.24) is 20.1 Å². The molecule has 0 spiro atoms. The maximum atomic E-state index is 12.9. The van der Waals surface area contributed by atoms with Crippen LogP contribution in [-0.4, -0.2) is 45.8 Å². The summed E-state index contributed by atoms with van der Waals surface area (Å²) < 4.78 is 2.01. The second kappa shape index (κ2) is 10.1. The van der Waals surface area contributed by atoms with Gasteiger partial charge in [0.2, 0.25) is 0 Å². The second-order valence-electron chi connectivity index (χ2n) is 13.0. The average molecular weight is 515 g/mol. The van der Waals surface area contributed by atoms with Crippen molar-refractivity contribution in [3.05, 3.63) is 60.6 Å². The summed E-state index contributed by atoms with van der Waals surface area (Å²) in [5.41, 5.74) is 4.29. The third-order valence-corrected chi connectivity index (χ3v) is 8.04. The molecular weight excluding hydrogens is 472 g/mol. The second-order valence-corrected chi connectivity index (χ2v) is 13.0. The smallest absolute Gasteiger partial charge is 0.251 e. The number of hydrogen-bond acceptors (Lipinski definition) is 5. The van der Waals surface area contributed by atoms with E-state index in [0.717, 1.165) is 55.1 Å². The van der Waals surface area contributed by atoms with Gasteiger partial charge in [0, 0.05) is 60.9 Å². The molecule has 5 rings (SSSR count). The molecule has 1 aliphatic carbocycles. The first-order valence-electron chi connectivity index (χ1n) is 13.9. The Morgan fingerprint density at radius 2 is 1.82 bits per heavy atom. The van der Waals surface area contributed by atoms with Crippen LogP contribution in [0.2, 0.25) is 0 Å². The lowest BCUT2D eigenvalue weighted by Crippen LogP contribution is -2.63. The Morgan fingerprint density at radius 3 is 2.50 bits per heavy atom. The van der Waals surface area contributed by atoms with Gasteiger partial charge in [-0.05, 0) is 71.6 Å². The molecule has 7 heteroatoms. The molecule has 0 unspecified atom stereocenters. The van der Waals surface area contributed by atoms with Gasteiger partial charge < -0.3 is 15.5 Å². The fourth-order valence-corrected chi connectivity index (χ4v) is 6.71. The minimum Gasteiger partial charge on any atom is -0.380 e. The molecule has 0 radical (unpaired) electrons. The number of nitrogens with zero attached hydrogens (tertiary/aromatic N) is 4. The number of hydrogen-bond donors (Lipinski definition) is 2. The van der Waals surface area contributed by atoms with Crippen LogP contribution in [0.4, 0.5) is 11.5 Å². The van der Waals surface area contributed by atoms with Crippen LogP contribution in [0.5, 0.6) is 0 Å². The van der Waals surface area contributed by atoms with Gasteiger partial charge >= 0.3 is 0 Å². The van der Waals surface area contributed by atoms with Gasteiger partial charge in [-0.25, -0.2) is 4.98 Å². The lowest BCUT2D eigenvalue weighted by atomic mass is 9.52. The Hall–Kier alpha value is -3.35. The molecular formula is C31H42N6O. The van der Waals surface area contributed by atoms with Crippen LogP contribution in [-0.2, 0) is 6.54 Å². The van der Waals surface area contributed by atoms with Gasteiger partial charge in [0.1, 0.15) is 5.82 Å². The van der Waals surface area contributed by atoms with E-state index < -0.39 is 0 Å². The summed E-state index contributed by atoms with van der Waals surface area (Å²) in [5.74, 6) is 1.57. The first-order chi connectivity index (χ1) is 18.0. The van der Waals surface area contributed by atoms with Crippen LogP contribution in [0, 0.1) is 16.7 Å². The first kappa shape index (κ1) is 26.3. The van der Waals surface area contributed by atoms with Crippen molar-refractivity contribution >= 4 is 17.4 Å². The van der Waals surface area contributed by atoms with E-state index in [1.165, 1.54) is 0 Å². The lowest BCUT2D eigenvalue weighted by Gasteiger charge is -2.57. The predicted molar refractivity (Wildman–Crippen MR) is 154 cm³/mol. The molecule has 1 amide bonds. The quantitative estimate of drug-likeness (QED) is 0.395. The molecule has 1 saturated heterocycles. The fraction of sp³-hybridized carbons (Fsp3) is 0.516. The van der Waals surface area contributed by atoms with Gasteiger partial charge in [0.15, 0.2) is 0 Å². The van der Waals surface area contributed by atoms with Crippen LogP contribution in [0.25, 0.3) is 11.1 Å². The molecule has 2 N–H and O–H groups in total. The highest BCUT2D eigenvalue weighted by Crippen LogP contribution is 2.53. The molecule has 202 valence electrons. The number of amides is 1. The first-order valence-corrected chi connectivity index (χ1v) is 13.9. The summed E-state index contributed by atoms with van der Waals surface area (Å²) in [7, 11) is 0. The molecule has 38 heavy (non-hydrogen) atoms. The number of anilines is 2. The molecule has 2 fully saturated rings.